The molecule has 0 heterocycles. The normalized spacial score (nSPS) is 10.6. The van der Waals surface area contributed by atoms with E-state index in [2.05, 4.69) is 0 Å². The Bertz CT molecular complexity index is 365. The van der Waals surface area contributed by atoms with Crippen molar-refractivity contribution in [1.29, 1.82) is 0 Å². The predicted molar refractivity (Wildman–Crippen MR) is 51.7 cm³/mol. The van der Waals surface area contributed by atoms with Crippen molar-refractivity contribution in [2.45, 2.75) is 4.90 Å². The van der Waals surface area contributed by atoms with E-state index in [9.17, 15) is 8.42 Å². The minimum Gasteiger partial charge on any atom is -0.257 e. The summed E-state index contributed by atoms with van der Waals surface area (Å²) >= 11 is 5.56. The summed E-state index contributed by atoms with van der Waals surface area (Å²) in [6, 6.07) is 5.70. The van der Waals surface area contributed by atoms with E-state index in [1.54, 1.807) is 4.83 Å². The van der Waals surface area contributed by atoms with Gasteiger partial charge in [0.1, 0.15) is 0 Å². The first kappa shape index (κ1) is 13.4. The van der Waals surface area contributed by atoms with Gasteiger partial charge in [0.2, 0.25) is 0 Å². The van der Waals surface area contributed by atoms with Crippen LogP contribution in [0.15, 0.2) is 29.2 Å². The van der Waals surface area contributed by atoms with Gasteiger partial charge in [0.25, 0.3) is 10.0 Å². The van der Waals surface area contributed by atoms with Crippen molar-refractivity contribution in [1.82, 2.24) is 4.83 Å². The topological polar surface area (TPSA) is 72.2 Å². The van der Waals surface area contributed by atoms with Gasteiger partial charge in [-0.2, -0.15) is 4.83 Å². The number of hydrogen-bond acceptors (Lipinski definition) is 3. The molecular weight excluding hydrogens is 223 g/mol. The smallest absolute Gasteiger partial charge is 0.253 e. The summed E-state index contributed by atoms with van der Waals surface area (Å²) in [5.41, 5.74) is 0. The van der Waals surface area contributed by atoms with Crippen molar-refractivity contribution < 1.29 is 8.42 Å². The Morgan fingerprint density at radius 2 is 1.69 bits per heavy atom. The number of hydrazine groups is 1. The van der Waals surface area contributed by atoms with E-state index in [0.717, 1.165) is 0 Å². The average Bonchev–Trinajstić information content (AvgIpc) is 2.05. The van der Waals surface area contributed by atoms with Crippen molar-refractivity contribution in [2.75, 3.05) is 0 Å². The third-order valence-electron chi connectivity index (χ3n) is 1.28. The van der Waals surface area contributed by atoms with Crippen LogP contribution in [0.25, 0.3) is 0 Å². The second-order valence-electron chi connectivity index (χ2n) is 2.08. The van der Waals surface area contributed by atoms with Gasteiger partial charge in [0.05, 0.1) is 4.90 Å². The third-order valence-corrected chi connectivity index (χ3v) is 2.73. The Balaban J connectivity index is 0.00000144. The van der Waals surface area contributed by atoms with Gasteiger partial charge in [-0.15, -0.1) is 0 Å². The molecule has 0 spiro atoms. The molecule has 67 valence electrons. The summed E-state index contributed by atoms with van der Waals surface area (Å²) in [6.45, 7) is 0. The number of nitrogens with two attached hydrogens (primary N) is 1. The van der Waals surface area contributed by atoms with Gasteiger partial charge in [-0.3, -0.25) is 5.84 Å². The second-order valence-corrected chi connectivity index (χ2v) is 4.23. The summed E-state index contributed by atoms with van der Waals surface area (Å²) in [5.74, 6) is 4.81. The third kappa shape index (κ3) is 3.55. The van der Waals surface area contributed by atoms with Gasteiger partial charge in [-0.1, -0.05) is 11.6 Å². The van der Waals surface area contributed by atoms with Gasteiger partial charge in [0.15, 0.2) is 0 Å². The predicted octanol–water partition coefficient (Wildman–Crippen LogP) is 0.111. The molecule has 1 rings (SSSR count). The van der Waals surface area contributed by atoms with Gasteiger partial charge >= 0.3 is 0 Å². The van der Waals surface area contributed by atoms with Crippen molar-refractivity contribution in [3.8, 4) is 0 Å². The molecule has 0 fully saturated rings. The summed E-state index contributed by atoms with van der Waals surface area (Å²) in [6.07, 6.45) is 0. The number of sulfonamides is 1. The van der Waals surface area contributed by atoms with E-state index in [4.69, 9.17) is 17.4 Å². The first-order valence-electron chi connectivity index (χ1n) is 3.04. The molecule has 0 aliphatic rings. The molecule has 0 atom stereocenters. The van der Waals surface area contributed by atoms with Crippen LogP contribution in [0.5, 0.6) is 0 Å². The summed E-state index contributed by atoms with van der Waals surface area (Å²) in [5, 5.41) is 0.478. The van der Waals surface area contributed by atoms with E-state index < -0.39 is 10.0 Å². The van der Waals surface area contributed by atoms with Gasteiger partial charge in [-0.25, -0.2) is 8.42 Å². The van der Waals surface area contributed by atoms with E-state index in [0.29, 0.717) is 5.02 Å². The van der Waals surface area contributed by atoms with E-state index in [1.807, 2.05) is 0 Å². The summed E-state index contributed by atoms with van der Waals surface area (Å²) in [7, 11) is -3.55. The van der Waals surface area contributed by atoms with Crippen molar-refractivity contribution >= 4 is 51.2 Å². The Morgan fingerprint density at radius 3 is 2.08 bits per heavy atom. The largest absolute Gasteiger partial charge is 0.257 e. The standard InChI is InChI=1S/C6H7ClN2O2S.Na/c7-5-1-3-6(4-2-5)12(10,11)9-8;/h1-4,9H,8H2;. The molecule has 0 aromatic heterocycles. The summed E-state index contributed by atoms with van der Waals surface area (Å²) < 4.78 is 22.1. The van der Waals surface area contributed by atoms with Crippen molar-refractivity contribution in [3.05, 3.63) is 29.3 Å². The Morgan fingerprint density at radius 1 is 1.23 bits per heavy atom. The molecular formula is C6H7ClN2NaO2S. The molecule has 0 aliphatic carbocycles. The minimum absolute atomic E-state index is 0. The zero-order valence-corrected chi connectivity index (χ0v) is 10.6. The number of halogens is 1. The number of hydrogen-bond donors (Lipinski definition) is 2. The van der Waals surface area contributed by atoms with E-state index in [1.165, 1.54) is 24.3 Å². The molecule has 1 radical (unpaired) electrons. The first-order valence-corrected chi connectivity index (χ1v) is 4.90. The zero-order chi connectivity index (χ0) is 9.19. The SMILES string of the molecule is NNS(=O)(=O)c1ccc(Cl)cc1.[Na]. The van der Waals surface area contributed by atoms with E-state index >= 15 is 0 Å². The molecule has 13 heavy (non-hydrogen) atoms. The van der Waals surface area contributed by atoms with E-state index in [-0.39, 0.29) is 34.5 Å². The fourth-order valence-corrected chi connectivity index (χ4v) is 1.44. The van der Waals surface area contributed by atoms with Crippen molar-refractivity contribution in [2.24, 2.45) is 5.84 Å². The molecule has 0 aliphatic heterocycles. The number of nitrogens with one attached hydrogen (secondary N) is 1. The molecule has 1 aromatic carbocycles. The Kier molecular flexibility index (Phi) is 5.46. The molecule has 0 unspecified atom stereocenters. The fourth-order valence-electron chi connectivity index (χ4n) is 0.682. The van der Waals surface area contributed by atoms with Crippen LogP contribution in [0.1, 0.15) is 0 Å². The average molecular weight is 230 g/mol. The maximum Gasteiger partial charge on any atom is 0.253 e. The molecule has 7 heteroatoms. The molecule has 0 saturated heterocycles. The Labute approximate surface area is 104 Å². The number of rotatable bonds is 2. The van der Waals surface area contributed by atoms with Crippen LogP contribution in [0, 0.1) is 0 Å². The molecule has 0 amide bonds. The van der Waals surface area contributed by atoms with Crippen LogP contribution in [-0.2, 0) is 10.0 Å². The van der Waals surface area contributed by atoms with Crippen LogP contribution in [0.4, 0.5) is 0 Å². The maximum absolute atomic E-state index is 11.0. The zero-order valence-electron chi connectivity index (χ0n) is 6.99. The van der Waals surface area contributed by atoms with Crippen LogP contribution >= 0.6 is 11.6 Å². The number of benzene rings is 1. The van der Waals surface area contributed by atoms with Gasteiger partial charge in [0, 0.05) is 34.6 Å². The quantitative estimate of drug-likeness (QED) is 0.430. The molecule has 0 saturated carbocycles. The molecule has 0 bridgehead atoms. The van der Waals surface area contributed by atoms with Crippen LogP contribution in [0.3, 0.4) is 0 Å². The minimum atomic E-state index is -3.55. The van der Waals surface area contributed by atoms with Gasteiger partial charge < -0.3 is 0 Å². The fraction of sp³-hybridized carbons (Fsp3) is 0. The Hall–Kier alpha value is 0.380. The molecule has 3 N–H and O–H groups in total. The van der Waals surface area contributed by atoms with Crippen molar-refractivity contribution in [3.63, 3.8) is 0 Å². The van der Waals surface area contributed by atoms with Crippen LogP contribution in [-0.4, -0.2) is 38.0 Å². The van der Waals surface area contributed by atoms with Gasteiger partial charge in [-0.05, 0) is 24.3 Å². The maximum atomic E-state index is 11.0. The van der Waals surface area contributed by atoms with Crippen LogP contribution < -0.4 is 10.7 Å². The summed E-state index contributed by atoms with van der Waals surface area (Å²) in [4.78, 5) is 1.80. The second kappa shape index (κ2) is 5.31. The first-order chi connectivity index (χ1) is 5.56. The molecule has 1 aromatic rings. The van der Waals surface area contributed by atoms with Crippen LogP contribution in [0.2, 0.25) is 5.02 Å². The monoisotopic (exact) mass is 229 g/mol. The molecule has 4 nitrogen and oxygen atoms in total.